The Bertz CT molecular complexity index is 931. The number of morpholine rings is 1. The molecule has 192 valence electrons. The minimum absolute atomic E-state index is 0.0298. The molecule has 2 heterocycles. The molecule has 1 aromatic heterocycles. The van der Waals surface area contributed by atoms with Crippen molar-refractivity contribution in [3.63, 3.8) is 0 Å². The van der Waals surface area contributed by atoms with E-state index < -0.39 is 15.6 Å². The molecular weight excluding hydrogens is 462 g/mol. The Morgan fingerprint density at radius 3 is 2.38 bits per heavy atom. The lowest BCUT2D eigenvalue weighted by Gasteiger charge is -2.34. The van der Waals surface area contributed by atoms with Crippen molar-refractivity contribution in [3.8, 4) is 0 Å². The Morgan fingerprint density at radius 2 is 1.76 bits per heavy atom. The van der Waals surface area contributed by atoms with Crippen LogP contribution in [-0.4, -0.2) is 72.3 Å². The van der Waals surface area contributed by atoms with Gasteiger partial charge in [-0.15, -0.1) is 0 Å². The van der Waals surface area contributed by atoms with Gasteiger partial charge in [-0.25, -0.2) is 8.42 Å². The van der Waals surface area contributed by atoms with Crippen LogP contribution in [0.2, 0.25) is 0 Å². The molecule has 2 unspecified atom stereocenters. The summed E-state index contributed by atoms with van der Waals surface area (Å²) < 4.78 is 37.5. The number of aromatic nitrogens is 2. The summed E-state index contributed by atoms with van der Waals surface area (Å²) in [6, 6.07) is 0. The van der Waals surface area contributed by atoms with E-state index in [1.54, 1.807) is 0 Å². The molecular formula is C22H37N5O6S. The van der Waals surface area contributed by atoms with Crippen LogP contribution < -0.4 is 10.6 Å². The number of nitrogens with one attached hydrogen (secondary N) is 2. The molecule has 2 atom stereocenters. The van der Waals surface area contributed by atoms with Crippen molar-refractivity contribution in [1.82, 2.24) is 25.1 Å². The zero-order valence-electron chi connectivity index (χ0n) is 20.3. The van der Waals surface area contributed by atoms with Crippen molar-refractivity contribution < 1.29 is 27.3 Å². The fourth-order valence-corrected chi connectivity index (χ4v) is 6.23. The smallest absolute Gasteiger partial charge is 0.227 e. The second-order valence-electron chi connectivity index (χ2n) is 9.43. The maximum Gasteiger partial charge on any atom is 0.227 e. The number of aryl methyl sites for hydroxylation is 1. The summed E-state index contributed by atoms with van der Waals surface area (Å²) in [4.78, 5) is 28.6. The quantitative estimate of drug-likeness (QED) is 0.483. The molecule has 2 amide bonds. The van der Waals surface area contributed by atoms with Gasteiger partial charge in [0.2, 0.25) is 27.7 Å². The van der Waals surface area contributed by atoms with E-state index in [0.29, 0.717) is 24.8 Å². The van der Waals surface area contributed by atoms with Crippen LogP contribution in [-0.2, 0) is 36.3 Å². The summed E-state index contributed by atoms with van der Waals surface area (Å²) in [6.45, 7) is 5.84. The third kappa shape index (κ3) is 7.22. The number of sulfonamides is 1. The SMILES string of the molecule is CC(=O)NC1(c2noc(CCC(=O)NCCS(=O)(=O)N3CC(C)OC(C)C3)n2)CCCCCC1. The Morgan fingerprint density at radius 1 is 1.12 bits per heavy atom. The first kappa shape index (κ1) is 26.6. The van der Waals surface area contributed by atoms with E-state index in [4.69, 9.17) is 9.26 Å². The highest BCUT2D eigenvalue weighted by molar-refractivity contribution is 7.89. The molecule has 2 aliphatic rings. The maximum absolute atomic E-state index is 12.6. The number of amides is 2. The van der Waals surface area contributed by atoms with Gasteiger partial charge in [0.15, 0.2) is 5.82 Å². The third-order valence-corrected chi connectivity index (χ3v) is 8.10. The number of carbonyl (C=O) groups is 2. The van der Waals surface area contributed by atoms with Crippen LogP contribution >= 0.6 is 0 Å². The maximum atomic E-state index is 12.6. The van der Waals surface area contributed by atoms with Crippen LogP contribution in [0, 0.1) is 0 Å². The van der Waals surface area contributed by atoms with Crippen molar-refractivity contribution in [2.24, 2.45) is 0 Å². The number of nitrogens with zero attached hydrogens (tertiary/aromatic N) is 3. The molecule has 0 radical (unpaired) electrons. The van der Waals surface area contributed by atoms with Crippen LogP contribution in [0.1, 0.15) is 77.4 Å². The van der Waals surface area contributed by atoms with E-state index in [1.807, 2.05) is 13.8 Å². The molecule has 1 aliphatic carbocycles. The van der Waals surface area contributed by atoms with Gasteiger partial charge in [-0.1, -0.05) is 30.8 Å². The predicted octanol–water partition coefficient (Wildman–Crippen LogP) is 1.24. The van der Waals surface area contributed by atoms with E-state index >= 15 is 0 Å². The van der Waals surface area contributed by atoms with Crippen molar-refractivity contribution in [2.45, 2.75) is 89.9 Å². The van der Waals surface area contributed by atoms with Gasteiger partial charge in [0, 0.05) is 39.4 Å². The van der Waals surface area contributed by atoms with E-state index in [1.165, 1.54) is 11.2 Å². The van der Waals surface area contributed by atoms with Gasteiger partial charge in [-0.05, 0) is 26.7 Å². The van der Waals surface area contributed by atoms with Crippen LogP contribution in [0.4, 0.5) is 0 Å². The summed E-state index contributed by atoms with van der Waals surface area (Å²) in [5.41, 5.74) is -0.630. The molecule has 1 aliphatic heterocycles. The fraction of sp³-hybridized carbons (Fsp3) is 0.818. The van der Waals surface area contributed by atoms with Gasteiger partial charge in [0.05, 0.1) is 18.0 Å². The number of carbonyl (C=O) groups excluding carboxylic acids is 2. The van der Waals surface area contributed by atoms with Crippen molar-refractivity contribution in [3.05, 3.63) is 11.7 Å². The Labute approximate surface area is 201 Å². The molecule has 11 nitrogen and oxygen atoms in total. The number of hydrogen-bond acceptors (Lipinski definition) is 8. The first-order valence-corrected chi connectivity index (χ1v) is 13.7. The van der Waals surface area contributed by atoms with Crippen molar-refractivity contribution in [1.29, 1.82) is 0 Å². The van der Waals surface area contributed by atoms with Gasteiger partial charge in [0.25, 0.3) is 0 Å². The molecule has 34 heavy (non-hydrogen) atoms. The van der Waals surface area contributed by atoms with E-state index in [2.05, 4.69) is 20.8 Å². The van der Waals surface area contributed by atoms with Crippen molar-refractivity contribution >= 4 is 21.8 Å². The number of rotatable bonds is 9. The average Bonchev–Trinajstić information content (AvgIpc) is 3.11. The largest absolute Gasteiger partial charge is 0.373 e. The van der Waals surface area contributed by atoms with Crippen LogP contribution in [0.5, 0.6) is 0 Å². The lowest BCUT2D eigenvalue weighted by atomic mass is 9.89. The molecule has 1 saturated carbocycles. The molecule has 2 N–H and O–H groups in total. The summed E-state index contributed by atoms with van der Waals surface area (Å²) in [7, 11) is -3.48. The number of hydrogen-bond donors (Lipinski definition) is 2. The highest BCUT2D eigenvalue weighted by Gasteiger charge is 2.38. The van der Waals surface area contributed by atoms with Gasteiger partial charge >= 0.3 is 0 Å². The van der Waals surface area contributed by atoms with Gasteiger partial charge in [-0.3, -0.25) is 9.59 Å². The lowest BCUT2D eigenvalue weighted by molar-refractivity contribution is -0.122. The first-order valence-electron chi connectivity index (χ1n) is 12.1. The van der Waals surface area contributed by atoms with Gasteiger partial charge < -0.3 is 19.9 Å². The monoisotopic (exact) mass is 499 g/mol. The molecule has 12 heteroatoms. The fourth-order valence-electron chi connectivity index (χ4n) is 4.74. The van der Waals surface area contributed by atoms with Gasteiger partial charge in [0.1, 0.15) is 5.54 Å². The normalized spacial score (nSPS) is 23.7. The second kappa shape index (κ2) is 11.6. The molecule has 3 rings (SSSR count). The van der Waals surface area contributed by atoms with Crippen LogP contribution in [0.25, 0.3) is 0 Å². The summed E-state index contributed by atoms with van der Waals surface area (Å²) in [5, 5.41) is 9.81. The van der Waals surface area contributed by atoms with E-state index in [-0.39, 0.29) is 49.2 Å². The topological polar surface area (TPSA) is 144 Å². The Hall–Kier alpha value is -2.05. The zero-order chi connectivity index (χ0) is 24.8. The molecule has 0 aromatic carbocycles. The number of ether oxygens (including phenoxy) is 1. The van der Waals surface area contributed by atoms with E-state index in [0.717, 1.165) is 38.5 Å². The Balaban J connectivity index is 1.48. The highest BCUT2D eigenvalue weighted by Crippen LogP contribution is 2.34. The predicted molar refractivity (Wildman–Crippen MR) is 124 cm³/mol. The third-order valence-electron chi connectivity index (χ3n) is 6.30. The van der Waals surface area contributed by atoms with Crippen LogP contribution in [0.3, 0.4) is 0 Å². The molecule has 0 spiro atoms. The molecule has 2 fully saturated rings. The minimum atomic E-state index is -3.48. The highest BCUT2D eigenvalue weighted by atomic mass is 32.2. The standard InChI is InChI=1S/C22H37N5O6S/c1-16-14-27(15-17(2)32-16)34(30,31)13-12-23-19(29)8-9-20-24-21(26-33-20)22(25-18(3)28)10-6-4-5-7-11-22/h16-17H,4-15H2,1-3H3,(H,23,29)(H,25,28). The van der Waals surface area contributed by atoms with Crippen LogP contribution in [0.15, 0.2) is 4.52 Å². The molecule has 1 aromatic rings. The van der Waals surface area contributed by atoms with Gasteiger partial charge in [-0.2, -0.15) is 9.29 Å². The minimum Gasteiger partial charge on any atom is -0.373 e. The molecule has 1 saturated heterocycles. The van der Waals surface area contributed by atoms with E-state index in [9.17, 15) is 18.0 Å². The first-order chi connectivity index (χ1) is 16.1. The summed E-state index contributed by atoms with van der Waals surface area (Å²) in [6.07, 6.45) is 5.67. The molecule has 0 bridgehead atoms. The summed E-state index contributed by atoms with van der Waals surface area (Å²) >= 11 is 0. The summed E-state index contributed by atoms with van der Waals surface area (Å²) in [5.74, 6) is 0.193. The Kier molecular flexibility index (Phi) is 9.05. The second-order valence-corrected chi connectivity index (χ2v) is 11.5. The average molecular weight is 500 g/mol. The lowest BCUT2D eigenvalue weighted by Crippen LogP contribution is -2.49. The van der Waals surface area contributed by atoms with Crippen molar-refractivity contribution in [2.75, 3.05) is 25.4 Å². The zero-order valence-corrected chi connectivity index (χ0v) is 21.2.